The van der Waals surface area contributed by atoms with E-state index in [1.54, 1.807) is 6.08 Å². The molecule has 2 atom stereocenters. The molecule has 0 amide bonds. The molecule has 4 heteroatoms. The lowest BCUT2D eigenvalue weighted by molar-refractivity contribution is -0.0629. The molecule has 4 nitrogen and oxygen atoms in total. The summed E-state index contributed by atoms with van der Waals surface area (Å²) in [6, 6.07) is 0. The summed E-state index contributed by atoms with van der Waals surface area (Å²) in [7, 11) is 0. The van der Waals surface area contributed by atoms with Gasteiger partial charge in [-0.1, -0.05) is 146 Å². The second-order valence-corrected chi connectivity index (χ2v) is 11.6. The summed E-state index contributed by atoms with van der Waals surface area (Å²) < 4.78 is 5.87. The number of rotatable bonds is 27. The highest BCUT2D eigenvalue weighted by molar-refractivity contribution is 5.01. The van der Waals surface area contributed by atoms with Crippen LogP contribution in [0.3, 0.4) is 0 Å². The first-order chi connectivity index (χ1) is 18.9. The first-order valence-electron chi connectivity index (χ1n) is 16.7. The van der Waals surface area contributed by atoms with Crippen molar-refractivity contribution in [2.75, 3.05) is 19.8 Å². The van der Waals surface area contributed by atoms with Crippen LogP contribution in [-0.4, -0.2) is 42.2 Å². The zero-order valence-corrected chi connectivity index (χ0v) is 27.0. The van der Waals surface area contributed by atoms with Crippen LogP contribution >= 0.6 is 0 Å². The van der Waals surface area contributed by atoms with E-state index in [4.69, 9.17) is 4.74 Å². The Morgan fingerprint density at radius 2 is 1.15 bits per heavy atom. The molecule has 0 aromatic carbocycles. The lowest BCUT2D eigenvalue weighted by Crippen LogP contribution is -2.32. The first kappa shape index (κ1) is 40.5. The fraction of sp³-hybridized carbons (Fsp3) is 0.886. The normalized spacial score (nSPS) is 13.1. The predicted octanol–water partition coefficient (Wildman–Crippen LogP) is 10.3. The molecule has 0 saturated heterocycles. The number of aliphatic hydroxyl groups excluding tert-OH is 2. The van der Waals surface area contributed by atoms with Gasteiger partial charge in [-0.05, 0) is 46.5 Å². The maximum absolute atomic E-state index is 10.1. The third-order valence-electron chi connectivity index (χ3n) is 7.31. The zero-order valence-electron chi connectivity index (χ0n) is 27.0. The standard InChI is InChI=1S/C25H52O3.C10H17O/c1-3-5-7-9-10-11-12-13-14-15-16-17-18-20-22-28-25(24(27)23-26)21-19-8-6-4-2;1-9(2)5-4-6-10(3)7-8-11/h24-27H,3-23H2,1-2H3;5,7H,4,6,8H2,1-3H3/b;10-7+. The van der Waals surface area contributed by atoms with Crippen molar-refractivity contribution in [1.82, 2.24) is 0 Å². The molecule has 0 aliphatic rings. The molecule has 0 aliphatic carbocycles. The molecule has 0 saturated carbocycles. The zero-order chi connectivity index (χ0) is 29.4. The van der Waals surface area contributed by atoms with E-state index in [1.807, 2.05) is 6.92 Å². The summed E-state index contributed by atoms with van der Waals surface area (Å²) in [5, 5.41) is 29.3. The molecule has 0 spiro atoms. The summed E-state index contributed by atoms with van der Waals surface area (Å²) in [5.41, 5.74) is 2.55. The highest BCUT2D eigenvalue weighted by Crippen LogP contribution is 2.15. The molecule has 0 aliphatic heterocycles. The fourth-order valence-electron chi connectivity index (χ4n) is 4.64. The quantitative estimate of drug-likeness (QED) is 0.0785. The van der Waals surface area contributed by atoms with E-state index in [0.717, 1.165) is 32.1 Å². The van der Waals surface area contributed by atoms with Crippen LogP contribution in [-0.2, 0) is 9.84 Å². The van der Waals surface area contributed by atoms with Gasteiger partial charge in [0.25, 0.3) is 0 Å². The van der Waals surface area contributed by atoms with Crippen LogP contribution < -0.4 is 0 Å². The van der Waals surface area contributed by atoms with Crippen LogP contribution in [0, 0.1) is 0 Å². The van der Waals surface area contributed by atoms with Crippen LogP contribution in [0.25, 0.3) is 0 Å². The predicted molar refractivity (Wildman–Crippen MR) is 170 cm³/mol. The van der Waals surface area contributed by atoms with Crippen molar-refractivity contribution in [2.24, 2.45) is 0 Å². The van der Waals surface area contributed by atoms with Crippen molar-refractivity contribution < 1.29 is 20.1 Å². The molecule has 2 N–H and O–H groups in total. The molecule has 2 unspecified atom stereocenters. The van der Waals surface area contributed by atoms with Gasteiger partial charge in [-0.15, -0.1) is 0 Å². The summed E-state index contributed by atoms with van der Waals surface area (Å²) in [4.78, 5) is 0. The van der Waals surface area contributed by atoms with Crippen molar-refractivity contribution in [3.63, 3.8) is 0 Å². The summed E-state index contributed by atoms with van der Waals surface area (Å²) in [6.45, 7) is 11.1. The van der Waals surface area contributed by atoms with E-state index >= 15 is 0 Å². The summed E-state index contributed by atoms with van der Waals surface area (Å²) in [5.74, 6) is 0. The third-order valence-corrected chi connectivity index (χ3v) is 7.31. The molecular formula is C35H69O4. The number of hydrogen-bond acceptors (Lipinski definition) is 3. The van der Waals surface area contributed by atoms with Crippen molar-refractivity contribution >= 4 is 0 Å². The highest BCUT2D eigenvalue weighted by Gasteiger charge is 2.18. The van der Waals surface area contributed by atoms with E-state index in [2.05, 4.69) is 33.8 Å². The average molecular weight is 554 g/mol. The van der Waals surface area contributed by atoms with E-state index in [1.165, 1.54) is 114 Å². The SMILES string of the molecule is CC(C)=CCC/C(C)=C/C[O].CCCCCCCCCCCCCCCCOC(CCCCCC)C(O)CO. The summed E-state index contributed by atoms with van der Waals surface area (Å²) >= 11 is 0. The Kier molecular flexibility index (Phi) is 34.8. The minimum absolute atomic E-state index is 0.0827. The number of allylic oxidation sites excluding steroid dienone is 3. The van der Waals surface area contributed by atoms with Crippen molar-refractivity contribution in [2.45, 2.75) is 182 Å². The molecule has 233 valence electrons. The number of unbranched alkanes of at least 4 members (excludes halogenated alkanes) is 16. The van der Waals surface area contributed by atoms with Gasteiger partial charge >= 0.3 is 0 Å². The van der Waals surface area contributed by atoms with Gasteiger partial charge in [0, 0.05) is 6.61 Å². The lowest BCUT2D eigenvalue weighted by atomic mass is 10.0. The van der Waals surface area contributed by atoms with Gasteiger partial charge in [-0.25, -0.2) is 5.11 Å². The Balaban J connectivity index is 0. The molecule has 0 heterocycles. The largest absolute Gasteiger partial charge is 0.394 e. The first-order valence-corrected chi connectivity index (χ1v) is 16.7. The third kappa shape index (κ3) is 33.4. The van der Waals surface area contributed by atoms with Crippen molar-refractivity contribution in [3.8, 4) is 0 Å². The van der Waals surface area contributed by atoms with Crippen LogP contribution in [0.2, 0.25) is 0 Å². The van der Waals surface area contributed by atoms with Gasteiger partial charge in [0.1, 0.15) is 12.7 Å². The maximum atomic E-state index is 10.1. The van der Waals surface area contributed by atoms with Crippen LogP contribution in [0.4, 0.5) is 0 Å². The maximum Gasteiger partial charge on any atom is 0.103 e. The summed E-state index contributed by atoms with van der Waals surface area (Å²) in [6.07, 6.45) is 29.7. The lowest BCUT2D eigenvalue weighted by Gasteiger charge is -2.22. The Hall–Kier alpha value is -0.680. The smallest absolute Gasteiger partial charge is 0.103 e. The van der Waals surface area contributed by atoms with Gasteiger partial charge in [0.05, 0.1) is 12.7 Å². The van der Waals surface area contributed by atoms with Crippen molar-refractivity contribution in [1.29, 1.82) is 0 Å². The molecule has 1 radical (unpaired) electrons. The second kappa shape index (κ2) is 33.5. The molecule has 0 rings (SSSR count). The molecule has 0 fully saturated rings. The van der Waals surface area contributed by atoms with Crippen LogP contribution in [0.5, 0.6) is 0 Å². The molecule has 39 heavy (non-hydrogen) atoms. The molecule has 0 bridgehead atoms. The minimum atomic E-state index is -0.728. The van der Waals surface area contributed by atoms with E-state index in [-0.39, 0.29) is 19.3 Å². The highest BCUT2D eigenvalue weighted by atomic mass is 16.5. The van der Waals surface area contributed by atoms with Gasteiger partial charge in [0.2, 0.25) is 0 Å². The Morgan fingerprint density at radius 1 is 0.692 bits per heavy atom. The Bertz CT molecular complexity index is 525. The number of ether oxygens (including phenoxy) is 1. The minimum Gasteiger partial charge on any atom is -0.394 e. The van der Waals surface area contributed by atoms with Gasteiger partial charge < -0.3 is 14.9 Å². The van der Waals surface area contributed by atoms with Crippen molar-refractivity contribution in [3.05, 3.63) is 23.3 Å². The van der Waals surface area contributed by atoms with E-state index < -0.39 is 6.10 Å². The van der Waals surface area contributed by atoms with Crippen LogP contribution in [0.15, 0.2) is 23.3 Å². The second-order valence-electron chi connectivity index (χ2n) is 11.6. The van der Waals surface area contributed by atoms with Crippen LogP contribution in [0.1, 0.15) is 169 Å². The molecule has 0 aromatic rings. The topological polar surface area (TPSA) is 69.6 Å². The van der Waals surface area contributed by atoms with E-state index in [0.29, 0.717) is 6.61 Å². The molecular weight excluding hydrogens is 484 g/mol. The van der Waals surface area contributed by atoms with E-state index in [9.17, 15) is 15.3 Å². The fourth-order valence-corrected chi connectivity index (χ4v) is 4.64. The monoisotopic (exact) mass is 554 g/mol. The number of hydrogen-bond donors (Lipinski definition) is 2. The Morgan fingerprint density at radius 3 is 1.59 bits per heavy atom. The van der Waals surface area contributed by atoms with Gasteiger partial charge in [-0.3, -0.25) is 0 Å². The molecule has 0 aromatic heterocycles. The number of aliphatic hydroxyl groups is 2. The van der Waals surface area contributed by atoms with Gasteiger partial charge in [0.15, 0.2) is 0 Å². The van der Waals surface area contributed by atoms with Gasteiger partial charge in [-0.2, -0.15) is 0 Å². The average Bonchev–Trinajstić information content (AvgIpc) is 2.92. The Labute approximate surface area is 244 Å².